The molecular formula is C68H88F3N15O11S3. The molecule has 540 valence electrons. The van der Waals surface area contributed by atoms with Gasteiger partial charge in [0.25, 0.3) is 0 Å². The first-order valence-electron chi connectivity index (χ1n) is 32.5. The van der Waals surface area contributed by atoms with Crippen molar-refractivity contribution in [1.29, 1.82) is 0 Å². The molecule has 4 N–H and O–H groups in total. The summed E-state index contributed by atoms with van der Waals surface area (Å²) < 4.78 is 119. The van der Waals surface area contributed by atoms with Gasteiger partial charge in [0.1, 0.15) is 90.1 Å². The number of aliphatic imine (C=N–C) groups is 3. The minimum absolute atomic E-state index is 0.0110. The molecule has 0 spiro atoms. The first-order chi connectivity index (χ1) is 46.3. The average molecular weight is 1440 g/mol. The maximum absolute atomic E-state index is 15.5. The molecule has 6 aliphatic heterocycles. The van der Waals surface area contributed by atoms with Crippen LogP contribution < -0.4 is 20.9 Å². The smallest absolute Gasteiger partial charge is 0.312 e. The summed E-state index contributed by atoms with van der Waals surface area (Å²) in [6, 6.07) is 7.94. The van der Waals surface area contributed by atoms with E-state index in [4.69, 9.17) is 40.4 Å². The molecule has 100 heavy (non-hydrogen) atoms. The highest BCUT2D eigenvalue weighted by Crippen LogP contribution is 2.52. The number of hydrogen-bond acceptors (Lipinski definition) is 26. The molecule has 5 aromatic rings. The predicted octanol–water partition coefficient (Wildman–Crippen LogP) is 9.14. The first kappa shape index (κ1) is 75.9. The van der Waals surface area contributed by atoms with Crippen LogP contribution in [-0.4, -0.2) is 163 Å². The van der Waals surface area contributed by atoms with E-state index in [1.54, 1.807) is 104 Å². The number of nitrogens with two attached hydrogens (primary N) is 2. The van der Waals surface area contributed by atoms with Crippen molar-refractivity contribution in [2.24, 2.45) is 33.8 Å². The van der Waals surface area contributed by atoms with Crippen LogP contribution >= 0.6 is 0 Å². The second-order valence-corrected chi connectivity index (χ2v) is 38.1. The number of ether oxygens (including phenoxy) is 4. The van der Waals surface area contributed by atoms with Crippen LogP contribution in [0.2, 0.25) is 0 Å². The average Bonchev–Trinajstić information content (AvgIpc) is 1.62. The Kier molecular flexibility index (Phi) is 20.7. The summed E-state index contributed by atoms with van der Waals surface area (Å²) in [6.07, 6.45) is 6.08. The van der Waals surface area contributed by atoms with Crippen LogP contribution in [0.4, 0.5) is 19.0 Å². The number of halogens is 3. The highest BCUT2D eigenvalue weighted by Gasteiger charge is 2.61. The third-order valence-corrected chi connectivity index (χ3v) is 30.0. The Morgan fingerprint density at radius 2 is 0.820 bits per heavy atom. The summed E-state index contributed by atoms with van der Waals surface area (Å²) in [5.41, 5.74) is 8.34. The molecule has 0 aromatic carbocycles. The number of esters is 2. The minimum Gasteiger partial charge on any atom is -0.480 e. The quantitative estimate of drug-likeness (QED) is 0.0728. The normalized spacial score (nSPS) is 28.1. The number of aromatic nitrogens is 7. The molecule has 9 atom stereocenters. The van der Waals surface area contributed by atoms with Gasteiger partial charge < -0.3 is 30.4 Å². The number of hydrogen-bond donors (Lipinski definition) is 2. The van der Waals surface area contributed by atoms with E-state index in [1.807, 2.05) is 0 Å². The monoisotopic (exact) mass is 1440 g/mol. The fourth-order valence-electron chi connectivity index (χ4n) is 13.4. The number of methoxy groups -OCH3 is 2. The summed E-state index contributed by atoms with van der Waals surface area (Å²) >= 11 is 0. The van der Waals surface area contributed by atoms with Crippen LogP contribution in [0.3, 0.4) is 0 Å². The number of anilines is 1. The molecule has 0 bridgehead atoms. The van der Waals surface area contributed by atoms with Crippen LogP contribution in [0.1, 0.15) is 185 Å². The molecule has 11 heterocycles. The van der Waals surface area contributed by atoms with Crippen LogP contribution in [0.15, 0.2) is 89.3 Å². The molecule has 0 saturated carbocycles. The van der Waals surface area contributed by atoms with Crippen molar-refractivity contribution in [3.63, 3.8) is 0 Å². The maximum Gasteiger partial charge on any atom is 0.312 e. The van der Waals surface area contributed by atoms with Crippen molar-refractivity contribution in [2.75, 3.05) is 39.6 Å². The van der Waals surface area contributed by atoms with Gasteiger partial charge in [-0.05, 0) is 160 Å². The molecular weight excluding hydrogens is 1360 g/mol. The second-order valence-electron chi connectivity index (χ2n) is 29.1. The number of pyridine rings is 3. The number of Topliss-reactive ketones (excluding diaryl/α,β-unsaturated/α-hetero) is 2. The Balaban J connectivity index is 0.000000177. The number of carbonyl (C=O) groups excluding carboxylic acids is 4. The molecule has 0 saturated heterocycles. The third-order valence-electron chi connectivity index (χ3n) is 18.9. The van der Waals surface area contributed by atoms with E-state index >= 15 is 8.78 Å². The number of fused-ring (bicyclic) bond motifs is 3. The van der Waals surface area contributed by atoms with E-state index in [9.17, 15) is 36.2 Å². The van der Waals surface area contributed by atoms with Gasteiger partial charge in [-0.15, -0.1) is 0 Å². The number of rotatable bonds is 15. The van der Waals surface area contributed by atoms with Gasteiger partial charge in [0.15, 0.2) is 11.6 Å². The van der Waals surface area contributed by atoms with Gasteiger partial charge in [0, 0.05) is 42.4 Å². The number of carbonyl (C=O) groups is 4. The van der Waals surface area contributed by atoms with Crippen molar-refractivity contribution >= 4 is 75.8 Å². The molecule has 0 aliphatic carbocycles. The Bertz CT molecular complexity index is 4610. The molecule has 0 unspecified atom stereocenters. The molecule has 5 aromatic heterocycles. The van der Waals surface area contributed by atoms with E-state index in [0.29, 0.717) is 61.7 Å². The van der Waals surface area contributed by atoms with Gasteiger partial charge in [0.2, 0.25) is 11.8 Å². The van der Waals surface area contributed by atoms with Crippen molar-refractivity contribution < 1.29 is 63.9 Å². The van der Waals surface area contributed by atoms with Gasteiger partial charge in [-0.3, -0.25) is 44.1 Å². The SMILES string of the molecule is CC(C)(C)OC(=O)CC1=N[C@](C)(c2nc(N)ccc2F)[C@H]2CCN=[S@@]2(=O)C1(C)C.COc1cnc(C(=O)Cc2ccc(F)c([C@@]3(C)N=C(CC(=O)OC(C)(C)C)C(C)(C)[S@]4(=O)=NCC[C@H]34)n2)cn1.COc1cnc(C(=O)Cc2ccc(F)c([C@@]3(C)N=C(N)C(C)(C)[S@]4(=O)=NCC[C@H]34)n2)cn1. The van der Waals surface area contributed by atoms with Gasteiger partial charge >= 0.3 is 11.9 Å². The fourth-order valence-corrected chi connectivity index (χ4v) is 23.0. The highest BCUT2D eigenvalue weighted by atomic mass is 32.2. The maximum atomic E-state index is 15.5. The van der Waals surface area contributed by atoms with Crippen molar-refractivity contribution in [3.8, 4) is 11.8 Å². The Morgan fingerprint density at radius 1 is 0.480 bits per heavy atom. The Morgan fingerprint density at radius 3 is 1.16 bits per heavy atom. The van der Waals surface area contributed by atoms with E-state index in [2.05, 4.69) is 53.0 Å². The molecule has 6 aliphatic rings. The Hall–Kier alpha value is -8.26. The van der Waals surface area contributed by atoms with Crippen LogP contribution in [0.5, 0.6) is 11.8 Å². The van der Waals surface area contributed by atoms with Gasteiger partial charge in [-0.1, -0.05) is 0 Å². The predicted molar refractivity (Wildman–Crippen MR) is 373 cm³/mol. The zero-order valence-electron chi connectivity index (χ0n) is 59.4. The molecule has 26 nitrogen and oxygen atoms in total. The van der Waals surface area contributed by atoms with E-state index in [1.165, 1.54) is 75.4 Å². The molecule has 0 radical (unpaired) electrons. The standard InChI is InChI=1S/C27H34FN5O5S.C21H25FN6O3S.C20H29FN4O3S/c1-25(2,3)38-23(35)13-20-26(4,5)39(36)21(10-11-31-39)27(6,33-20)24-17(28)9-8-16(32-24)12-19(34)18-14-30-22(37-7)15-29-18;1-20(2)19(23)28-21(3,16-7-8-26-32(16,20)30)18-13(22)6-5-12(27-18)9-15(29)14-10-25-17(31-4)11-24-14;1-18(2,3)28-16(26)11-13-19(4,5)29(27)14(9-10-23-29)20(6,25-13)17-12(21)7-8-15(22)24-17/h8-9,14-15,21H,10-13H2,1-7H3;5-6,10-11,16H,7-9H2,1-4H3,(H2,23,28);7-8,14H,9-11H2,1-6H3,(H2,22,24)/t21-,27+,39+;16-,21+,32+;14-,20+,29+/m111/s1. The molecule has 11 rings (SSSR count). The summed E-state index contributed by atoms with van der Waals surface area (Å²) in [4.78, 5) is 94.4. The van der Waals surface area contributed by atoms with Gasteiger partial charge in [0.05, 0.1) is 119 Å². The largest absolute Gasteiger partial charge is 0.480 e. The molecule has 0 fully saturated rings. The summed E-state index contributed by atoms with van der Waals surface area (Å²) in [5, 5.41) is -1.71. The van der Waals surface area contributed by atoms with E-state index in [0.717, 1.165) is 0 Å². The van der Waals surface area contributed by atoms with Crippen LogP contribution in [-0.2, 0) is 77.7 Å². The van der Waals surface area contributed by atoms with Crippen molar-refractivity contribution in [3.05, 3.63) is 118 Å². The van der Waals surface area contributed by atoms with Crippen LogP contribution in [0, 0.1) is 17.5 Å². The lowest BCUT2D eigenvalue weighted by molar-refractivity contribution is -0.154. The lowest BCUT2D eigenvalue weighted by Crippen LogP contribution is -2.58. The number of nitrogens with zero attached hydrogens (tertiary/aromatic N) is 13. The Labute approximate surface area is 581 Å². The first-order valence-corrected chi connectivity index (χ1v) is 37.2. The summed E-state index contributed by atoms with van der Waals surface area (Å²) in [6.45, 7) is 27.4. The van der Waals surface area contributed by atoms with Gasteiger partial charge in [-0.25, -0.2) is 63.8 Å². The third kappa shape index (κ3) is 14.1. The fraction of sp³-hybridized carbons (Fsp3) is 0.559. The number of amidine groups is 1. The van der Waals surface area contributed by atoms with Crippen molar-refractivity contribution in [1.82, 2.24) is 34.9 Å². The summed E-state index contributed by atoms with van der Waals surface area (Å²) in [5.74, 6) is -2.65. The van der Waals surface area contributed by atoms with Crippen LogP contribution in [0.25, 0.3) is 0 Å². The zero-order valence-corrected chi connectivity index (χ0v) is 61.8. The summed E-state index contributed by atoms with van der Waals surface area (Å²) in [7, 11) is -5.77. The zero-order chi connectivity index (χ0) is 73.9. The second kappa shape index (κ2) is 27.3. The number of nitrogen functional groups attached to an aromatic ring is 1. The van der Waals surface area contributed by atoms with Gasteiger partial charge in [-0.2, -0.15) is 0 Å². The highest BCUT2D eigenvalue weighted by molar-refractivity contribution is 7.97. The lowest BCUT2D eigenvalue weighted by Gasteiger charge is -2.45. The molecule has 32 heteroatoms. The molecule has 0 amide bonds. The minimum atomic E-state index is -2.99. The topological polar surface area (TPSA) is 373 Å². The lowest BCUT2D eigenvalue weighted by atomic mass is 9.88. The van der Waals surface area contributed by atoms with E-state index < -0.39 is 116 Å². The van der Waals surface area contributed by atoms with E-state index in [-0.39, 0.29) is 89.1 Å². The number of ketones is 2. The van der Waals surface area contributed by atoms with Crippen molar-refractivity contribution in [2.45, 2.75) is 207 Å².